The van der Waals surface area contributed by atoms with Crippen molar-refractivity contribution in [1.29, 1.82) is 0 Å². The first kappa shape index (κ1) is 17.7. The van der Waals surface area contributed by atoms with Crippen LogP contribution in [0.25, 0.3) is 0 Å². The molecule has 2 atom stereocenters. The molecule has 5 heteroatoms. The highest BCUT2D eigenvalue weighted by atomic mass is 16.3. The third-order valence-electron chi connectivity index (χ3n) is 3.70. The lowest BCUT2D eigenvalue weighted by molar-refractivity contribution is -0.121. The average molecular weight is 326 g/mol. The molecule has 0 bridgehead atoms. The zero-order chi connectivity index (χ0) is 17.4. The number of carbonyl (C=O) groups excluding carboxylic acids is 2. The summed E-state index contributed by atoms with van der Waals surface area (Å²) in [5, 5.41) is 15.4. The number of aliphatic hydroxyl groups is 1. The van der Waals surface area contributed by atoms with Crippen molar-refractivity contribution in [3.05, 3.63) is 71.8 Å². The highest BCUT2D eigenvalue weighted by Crippen LogP contribution is 2.06. The summed E-state index contributed by atoms with van der Waals surface area (Å²) in [6, 6.07) is 17.9. The van der Waals surface area contributed by atoms with E-state index in [1.807, 2.05) is 36.4 Å². The maximum atomic E-state index is 11.9. The maximum Gasteiger partial charge on any atom is 0.251 e. The number of nitrogens with one attached hydrogen (secondary N) is 2. The largest absolute Gasteiger partial charge is 0.391 e. The summed E-state index contributed by atoms with van der Waals surface area (Å²) in [4.78, 5) is 23.8. The van der Waals surface area contributed by atoms with E-state index in [1.54, 1.807) is 31.2 Å². The number of rotatable bonds is 7. The molecule has 24 heavy (non-hydrogen) atoms. The Bertz CT molecular complexity index is 659. The molecule has 0 saturated heterocycles. The van der Waals surface area contributed by atoms with Gasteiger partial charge in [0, 0.05) is 12.0 Å². The molecule has 2 unspecified atom stereocenters. The summed E-state index contributed by atoms with van der Waals surface area (Å²) in [6.07, 6.45) is -0.236. The molecule has 5 nitrogen and oxygen atoms in total. The van der Waals surface area contributed by atoms with E-state index in [2.05, 4.69) is 10.6 Å². The number of hydrogen-bond acceptors (Lipinski definition) is 3. The molecular weight excluding hydrogens is 304 g/mol. The molecule has 0 spiro atoms. The second-order valence-corrected chi connectivity index (χ2v) is 5.66. The van der Waals surface area contributed by atoms with Crippen LogP contribution in [0.1, 0.15) is 22.8 Å². The molecule has 3 N–H and O–H groups in total. The van der Waals surface area contributed by atoms with E-state index in [-0.39, 0.29) is 18.4 Å². The van der Waals surface area contributed by atoms with Crippen LogP contribution in [-0.2, 0) is 11.2 Å². The minimum atomic E-state index is -0.693. The molecule has 126 valence electrons. The van der Waals surface area contributed by atoms with E-state index >= 15 is 0 Å². The second kappa shape index (κ2) is 8.84. The minimum Gasteiger partial charge on any atom is -0.391 e. The van der Waals surface area contributed by atoms with Crippen molar-refractivity contribution < 1.29 is 14.7 Å². The number of hydrogen-bond donors (Lipinski definition) is 3. The lowest BCUT2D eigenvalue weighted by Gasteiger charge is -2.20. The van der Waals surface area contributed by atoms with Gasteiger partial charge in [0.25, 0.3) is 5.91 Å². The van der Waals surface area contributed by atoms with Crippen LogP contribution in [0.2, 0.25) is 0 Å². The number of aliphatic hydroxyl groups excluding tert-OH is 1. The summed E-state index contributed by atoms with van der Waals surface area (Å²) < 4.78 is 0. The van der Waals surface area contributed by atoms with Crippen LogP contribution < -0.4 is 10.6 Å². The van der Waals surface area contributed by atoms with Crippen molar-refractivity contribution >= 4 is 11.8 Å². The highest BCUT2D eigenvalue weighted by molar-refractivity contribution is 5.96. The molecule has 2 aromatic carbocycles. The molecule has 0 radical (unpaired) electrons. The van der Waals surface area contributed by atoms with E-state index in [0.717, 1.165) is 5.56 Å². The number of amides is 2. The fourth-order valence-corrected chi connectivity index (χ4v) is 2.29. The van der Waals surface area contributed by atoms with E-state index in [4.69, 9.17) is 0 Å². The molecule has 0 saturated carbocycles. The van der Waals surface area contributed by atoms with Crippen LogP contribution >= 0.6 is 0 Å². The molecule has 2 aromatic rings. The van der Waals surface area contributed by atoms with Gasteiger partial charge < -0.3 is 15.7 Å². The van der Waals surface area contributed by atoms with Gasteiger partial charge in [-0.2, -0.15) is 0 Å². The van der Waals surface area contributed by atoms with Gasteiger partial charge >= 0.3 is 0 Å². The molecular formula is C19H22N2O3. The average Bonchev–Trinajstić information content (AvgIpc) is 2.61. The van der Waals surface area contributed by atoms with Crippen molar-refractivity contribution in [3.8, 4) is 0 Å². The van der Waals surface area contributed by atoms with Gasteiger partial charge in [-0.15, -0.1) is 0 Å². The zero-order valence-corrected chi connectivity index (χ0v) is 13.6. The first-order valence-electron chi connectivity index (χ1n) is 7.91. The molecule has 0 aliphatic carbocycles. The summed E-state index contributed by atoms with van der Waals surface area (Å²) in [5.74, 6) is -0.637. The Balaban J connectivity index is 1.76. The van der Waals surface area contributed by atoms with Gasteiger partial charge in [0.15, 0.2) is 0 Å². The third kappa shape index (κ3) is 5.52. The molecule has 0 aliphatic rings. The molecule has 0 aromatic heterocycles. The lowest BCUT2D eigenvalue weighted by atomic mass is 10.0. The van der Waals surface area contributed by atoms with Crippen LogP contribution in [0, 0.1) is 0 Å². The molecule has 0 heterocycles. The minimum absolute atomic E-state index is 0.129. The standard InChI is InChI=1S/C19H22N2O3/c1-14(17(22)12-15-8-4-2-5-9-15)21-18(23)13-20-19(24)16-10-6-3-7-11-16/h2-11,14,17,22H,12-13H2,1H3,(H,20,24)(H,21,23). The van der Waals surface area contributed by atoms with Crippen molar-refractivity contribution in [3.63, 3.8) is 0 Å². The fraction of sp³-hybridized carbons (Fsp3) is 0.263. The van der Waals surface area contributed by atoms with Crippen LogP contribution in [-0.4, -0.2) is 35.6 Å². The zero-order valence-electron chi connectivity index (χ0n) is 13.6. The Hall–Kier alpha value is -2.66. The van der Waals surface area contributed by atoms with Gasteiger partial charge in [-0.1, -0.05) is 48.5 Å². The van der Waals surface area contributed by atoms with Crippen LogP contribution in [0.4, 0.5) is 0 Å². The Kier molecular flexibility index (Phi) is 6.51. The Morgan fingerprint density at radius 2 is 1.58 bits per heavy atom. The Morgan fingerprint density at radius 3 is 2.21 bits per heavy atom. The monoisotopic (exact) mass is 326 g/mol. The fourth-order valence-electron chi connectivity index (χ4n) is 2.29. The van der Waals surface area contributed by atoms with Crippen molar-refractivity contribution in [2.45, 2.75) is 25.5 Å². The number of carbonyl (C=O) groups is 2. The highest BCUT2D eigenvalue weighted by Gasteiger charge is 2.17. The van der Waals surface area contributed by atoms with Gasteiger partial charge in [-0.3, -0.25) is 9.59 Å². The first-order chi connectivity index (χ1) is 11.6. The maximum absolute atomic E-state index is 11.9. The number of benzene rings is 2. The smallest absolute Gasteiger partial charge is 0.251 e. The SMILES string of the molecule is CC(NC(=O)CNC(=O)c1ccccc1)C(O)Cc1ccccc1. The van der Waals surface area contributed by atoms with Gasteiger partial charge in [-0.25, -0.2) is 0 Å². The first-order valence-corrected chi connectivity index (χ1v) is 7.91. The Morgan fingerprint density at radius 1 is 1.00 bits per heavy atom. The quantitative estimate of drug-likeness (QED) is 0.722. The van der Waals surface area contributed by atoms with Crippen LogP contribution in [0.15, 0.2) is 60.7 Å². The lowest BCUT2D eigenvalue weighted by Crippen LogP contribution is -2.46. The van der Waals surface area contributed by atoms with E-state index in [9.17, 15) is 14.7 Å². The van der Waals surface area contributed by atoms with Crippen molar-refractivity contribution in [2.24, 2.45) is 0 Å². The topological polar surface area (TPSA) is 78.4 Å². The van der Waals surface area contributed by atoms with E-state index < -0.39 is 12.1 Å². The van der Waals surface area contributed by atoms with E-state index in [0.29, 0.717) is 12.0 Å². The third-order valence-corrected chi connectivity index (χ3v) is 3.70. The summed E-state index contributed by atoms with van der Waals surface area (Å²) in [7, 11) is 0. The van der Waals surface area contributed by atoms with Crippen molar-refractivity contribution in [1.82, 2.24) is 10.6 Å². The molecule has 2 rings (SSSR count). The van der Waals surface area contributed by atoms with E-state index in [1.165, 1.54) is 0 Å². The van der Waals surface area contributed by atoms with Gasteiger partial charge in [0.1, 0.15) is 0 Å². The van der Waals surface area contributed by atoms with Gasteiger partial charge in [0.05, 0.1) is 18.7 Å². The predicted molar refractivity (Wildman–Crippen MR) is 92.5 cm³/mol. The normalized spacial score (nSPS) is 12.9. The summed E-state index contributed by atoms with van der Waals surface area (Å²) >= 11 is 0. The molecule has 0 aliphatic heterocycles. The van der Waals surface area contributed by atoms with Crippen molar-refractivity contribution in [2.75, 3.05) is 6.54 Å². The Labute approximate surface area is 141 Å². The van der Waals surface area contributed by atoms with Crippen LogP contribution in [0.3, 0.4) is 0 Å². The van der Waals surface area contributed by atoms with Gasteiger partial charge in [0.2, 0.25) is 5.91 Å². The molecule has 2 amide bonds. The van der Waals surface area contributed by atoms with Gasteiger partial charge in [-0.05, 0) is 24.6 Å². The van der Waals surface area contributed by atoms with Crippen LogP contribution in [0.5, 0.6) is 0 Å². The summed E-state index contributed by atoms with van der Waals surface area (Å²) in [6.45, 7) is 1.61. The predicted octanol–water partition coefficient (Wildman–Crippen LogP) is 1.52. The second-order valence-electron chi connectivity index (χ2n) is 5.66. The molecule has 0 fully saturated rings. The summed E-state index contributed by atoms with van der Waals surface area (Å²) in [5.41, 5.74) is 1.51.